The molecular weight excluding hydrogens is 406 g/mol. The van der Waals surface area contributed by atoms with Gasteiger partial charge in [-0.3, -0.25) is 19.7 Å². The number of carbonyl (C=O) groups is 2. The first kappa shape index (κ1) is 26.2. The second kappa shape index (κ2) is 11.5. The molecule has 0 radical (unpaired) electrons. The van der Waals surface area contributed by atoms with Gasteiger partial charge in [0.1, 0.15) is 5.75 Å². The van der Waals surface area contributed by atoms with Gasteiger partial charge in [-0.15, -0.1) is 0 Å². The Bertz CT molecular complexity index is 773. The lowest BCUT2D eigenvalue weighted by molar-refractivity contribution is -0.386. The number of benzene rings is 1. The number of nitrogens with zero attached hydrogens (tertiary/aromatic N) is 1. The number of nitro groups is 1. The van der Waals surface area contributed by atoms with E-state index in [0.29, 0.717) is 38.0 Å². The topological polar surface area (TPSA) is 114 Å². The second-order valence-electron chi connectivity index (χ2n) is 8.54. The molecule has 0 atom stereocenters. The molecule has 1 aromatic carbocycles. The van der Waals surface area contributed by atoms with Crippen LogP contribution in [0.15, 0.2) is 18.2 Å². The fourth-order valence-corrected chi connectivity index (χ4v) is 3.01. The Labute approximate surface area is 183 Å². The van der Waals surface area contributed by atoms with E-state index in [1.165, 1.54) is 26.4 Å². The van der Waals surface area contributed by atoms with Gasteiger partial charge >= 0.3 is 17.6 Å². The summed E-state index contributed by atoms with van der Waals surface area (Å²) in [6.07, 6.45) is 2.21. The minimum Gasteiger partial charge on any atom is -0.493 e. The molecule has 0 aliphatic rings. The van der Waals surface area contributed by atoms with E-state index < -0.39 is 15.8 Å². The Morgan fingerprint density at radius 3 is 1.84 bits per heavy atom. The first-order valence-corrected chi connectivity index (χ1v) is 10.2. The molecule has 9 heteroatoms. The Morgan fingerprint density at radius 1 is 0.903 bits per heavy atom. The van der Waals surface area contributed by atoms with E-state index in [0.717, 1.165) is 0 Å². The largest absolute Gasteiger partial charge is 0.493 e. The molecule has 0 spiro atoms. The molecule has 0 aliphatic heterocycles. The summed E-state index contributed by atoms with van der Waals surface area (Å²) in [5.74, 6) is -0.114. The van der Waals surface area contributed by atoms with E-state index in [1.54, 1.807) is 33.8 Å². The number of methoxy groups -OCH3 is 2. The number of hydrogen-bond acceptors (Lipinski definition) is 8. The van der Waals surface area contributed by atoms with Crippen LogP contribution >= 0.6 is 0 Å². The molecule has 0 fully saturated rings. The zero-order chi connectivity index (χ0) is 23.7. The third kappa shape index (κ3) is 8.07. The molecule has 31 heavy (non-hydrogen) atoms. The van der Waals surface area contributed by atoms with Crippen molar-refractivity contribution >= 4 is 17.6 Å². The normalized spacial score (nSPS) is 11.5. The summed E-state index contributed by atoms with van der Waals surface area (Å²) in [5.41, 5.74) is -1.46. The van der Waals surface area contributed by atoms with Crippen LogP contribution in [0.3, 0.4) is 0 Å². The predicted octanol–water partition coefficient (Wildman–Crippen LogP) is 4.31. The number of nitro benzene ring substituents is 1. The number of rotatable bonds is 13. The van der Waals surface area contributed by atoms with Gasteiger partial charge in [-0.05, 0) is 65.5 Å². The molecule has 0 heterocycles. The Kier molecular flexibility index (Phi) is 9.74. The molecule has 0 unspecified atom stereocenters. The average Bonchev–Trinajstić information content (AvgIpc) is 2.73. The molecule has 9 nitrogen and oxygen atoms in total. The van der Waals surface area contributed by atoms with Gasteiger partial charge in [0.15, 0.2) is 5.75 Å². The Morgan fingerprint density at radius 2 is 1.39 bits per heavy atom. The van der Waals surface area contributed by atoms with Crippen molar-refractivity contribution in [1.82, 2.24) is 0 Å². The third-order valence-electron chi connectivity index (χ3n) is 5.02. The van der Waals surface area contributed by atoms with Crippen LogP contribution in [0.1, 0.15) is 53.4 Å². The lowest BCUT2D eigenvalue weighted by Crippen LogP contribution is -2.26. The second-order valence-corrected chi connectivity index (χ2v) is 8.54. The van der Waals surface area contributed by atoms with Crippen molar-refractivity contribution in [3.63, 3.8) is 0 Å². The summed E-state index contributed by atoms with van der Waals surface area (Å²) in [4.78, 5) is 34.3. The average molecular weight is 440 g/mol. The van der Waals surface area contributed by atoms with Crippen molar-refractivity contribution in [2.45, 2.75) is 53.4 Å². The first-order valence-electron chi connectivity index (χ1n) is 10.2. The maximum Gasteiger partial charge on any atom is 0.314 e. The van der Waals surface area contributed by atoms with Gasteiger partial charge < -0.3 is 18.9 Å². The van der Waals surface area contributed by atoms with Gasteiger partial charge in [0.25, 0.3) is 0 Å². The van der Waals surface area contributed by atoms with Crippen molar-refractivity contribution < 1.29 is 33.5 Å². The molecule has 0 aliphatic carbocycles. The van der Waals surface area contributed by atoms with Crippen LogP contribution in [-0.2, 0) is 19.1 Å². The van der Waals surface area contributed by atoms with Crippen molar-refractivity contribution in [1.29, 1.82) is 0 Å². The molecule has 0 amide bonds. The molecule has 0 saturated carbocycles. The van der Waals surface area contributed by atoms with Crippen molar-refractivity contribution in [2.75, 3.05) is 27.4 Å². The monoisotopic (exact) mass is 439 g/mol. The quantitative estimate of drug-likeness (QED) is 0.193. The molecule has 1 aromatic rings. The van der Waals surface area contributed by atoms with E-state index in [-0.39, 0.29) is 30.0 Å². The van der Waals surface area contributed by atoms with Crippen LogP contribution in [0.4, 0.5) is 5.69 Å². The third-order valence-corrected chi connectivity index (χ3v) is 5.02. The summed E-state index contributed by atoms with van der Waals surface area (Å²) in [5, 5.41) is 11.4. The fraction of sp³-hybridized carbons (Fsp3) is 0.636. The summed E-state index contributed by atoms with van der Waals surface area (Å²) in [6.45, 7) is 7.67. The molecule has 0 N–H and O–H groups in total. The summed E-state index contributed by atoms with van der Waals surface area (Å²) in [6, 6.07) is 4.42. The molecule has 1 rings (SSSR count). The van der Waals surface area contributed by atoms with Crippen LogP contribution in [0.2, 0.25) is 0 Å². The summed E-state index contributed by atoms with van der Waals surface area (Å²) in [7, 11) is 2.69. The fourth-order valence-electron chi connectivity index (χ4n) is 3.01. The summed E-state index contributed by atoms with van der Waals surface area (Å²) < 4.78 is 20.7. The molecular formula is C22H33NO8. The standard InChI is InChI=1S/C22H33NO8/c1-21(2,19(24)28-5)11-7-13-30-16-9-10-18(17(15-16)23(26)27)31-14-8-12-22(3,4)20(25)29-6/h9-10,15H,7-8,11-14H2,1-6H3. The SMILES string of the molecule is COC(=O)C(C)(C)CCCOc1ccc(OCCCC(C)(C)C(=O)OC)c([N+](=O)[O-])c1. The van der Waals surface area contributed by atoms with Crippen LogP contribution in [0.25, 0.3) is 0 Å². The van der Waals surface area contributed by atoms with Gasteiger partial charge in [0.2, 0.25) is 0 Å². The minimum atomic E-state index is -0.649. The van der Waals surface area contributed by atoms with Crippen LogP contribution < -0.4 is 9.47 Å². The lowest BCUT2D eigenvalue weighted by atomic mass is 9.88. The highest BCUT2D eigenvalue weighted by atomic mass is 16.6. The van der Waals surface area contributed by atoms with Crippen LogP contribution in [0.5, 0.6) is 11.5 Å². The minimum absolute atomic E-state index is 0.139. The number of hydrogen-bond donors (Lipinski definition) is 0. The van der Waals surface area contributed by atoms with Crippen molar-refractivity contribution in [3.8, 4) is 11.5 Å². The maximum absolute atomic E-state index is 11.7. The van der Waals surface area contributed by atoms with E-state index >= 15 is 0 Å². The highest BCUT2D eigenvalue weighted by Crippen LogP contribution is 2.32. The van der Waals surface area contributed by atoms with E-state index in [4.69, 9.17) is 18.9 Å². The van der Waals surface area contributed by atoms with E-state index in [9.17, 15) is 19.7 Å². The zero-order valence-corrected chi connectivity index (χ0v) is 19.2. The molecule has 174 valence electrons. The van der Waals surface area contributed by atoms with Gasteiger partial charge in [0, 0.05) is 0 Å². The highest BCUT2D eigenvalue weighted by molar-refractivity contribution is 5.76. The van der Waals surface area contributed by atoms with Gasteiger partial charge in [-0.25, -0.2) is 0 Å². The Hall–Kier alpha value is -2.84. The van der Waals surface area contributed by atoms with E-state index in [2.05, 4.69) is 0 Å². The Balaban J connectivity index is 2.61. The van der Waals surface area contributed by atoms with E-state index in [1.807, 2.05) is 0 Å². The predicted molar refractivity (Wildman–Crippen MR) is 114 cm³/mol. The maximum atomic E-state index is 11.7. The van der Waals surface area contributed by atoms with Crippen LogP contribution in [0, 0.1) is 20.9 Å². The van der Waals surface area contributed by atoms with Gasteiger partial charge in [-0.1, -0.05) is 0 Å². The van der Waals surface area contributed by atoms with Gasteiger partial charge in [0.05, 0.1) is 49.3 Å². The molecule has 0 saturated heterocycles. The van der Waals surface area contributed by atoms with Crippen LogP contribution in [-0.4, -0.2) is 44.3 Å². The smallest absolute Gasteiger partial charge is 0.314 e. The number of ether oxygens (including phenoxy) is 4. The molecule has 0 bridgehead atoms. The highest BCUT2D eigenvalue weighted by Gasteiger charge is 2.29. The first-order chi connectivity index (χ1) is 14.4. The zero-order valence-electron chi connectivity index (χ0n) is 19.2. The van der Waals surface area contributed by atoms with Crippen molar-refractivity contribution in [2.24, 2.45) is 10.8 Å². The number of carbonyl (C=O) groups excluding carboxylic acids is 2. The molecule has 0 aromatic heterocycles. The lowest BCUT2D eigenvalue weighted by Gasteiger charge is -2.21. The number of esters is 2. The van der Waals surface area contributed by atoms with Gasteiger partial charge in [-0.2, -0.15) is 0 Å². The van der Waals surface area contributed by atoms with Crippen molar-refractivity contribution in [3.05, 3.63) is 28.3 Å². The summed E-state index contributed by atoms with van der Waals surface area (Å²) >= 11 is 0.